The molecule has 1 saturated carbocycles. The molecular formula is C28H36F2. The zero-order chi connectivity index (χ0) is 20.9. The molecule has 0 amide bonds. The summed E-state index contributed by atoms with van der Waals surface area (Å²) in [5, 5.41) is 0. The predicted molar refractivity (Wildman–Crippen MR) is 121 cm³/mol. The van der Waals surface area contributed by atoms with Gasteiger partial charge in [0.15, 0.2) is 11.6 Å². The summed E-state index contributed by atoms with van der Waals surface area (Å²) >= 11 is 0. The Bertz CT molecular complexity index is 815. The first-order valence-corrected chi connectivity index (χ1v) is 12.2. The fourth-order valence-electron chi connectivity index (χ4n) is 5.73. The molecule has 1 unspecified atom stereocenters. The summed E-state index contributed by atoms with van der Waals surface area (Å²) < 4.78 is 27.9. The second-order valence-electron chi connectivity index (χ2n) is 9.67. The zero-order valence-electron chi connectivity index (χ0n) is 18.4. The molecule has 1 fully saturated rings. The van der Waals surface area contributed by atoms with Crippen molar-refractivity contribution in [3.63, 3.8) is 0 Å². The van der Waals surface area contributed by atoms with Gasteiger partial charge in [0.2, 0.25) is 0 Å². The molecule has 0 aliphatic heterocycles. The maximum atomic E-state index is 14.3. The van der Waals surface area contributed by atoms with Crippen molar-refractivity contribution in [3.05, 3.63) is 70.3 Å². The lowest BCUT2D eigenvalue weighted by Crippen LogP contribution is -2.16. The monoisotopic (exact) mass is 410 g/mol. The van der Waals surface area contributed by atoms with E-state index >= 15 is 0 Å². The fraction of sp³-hybridized carbons (Fsp3) is 0.571. The summed E-state index contributed by atoms with van der Waals surface area (Å²) in [5.41, 5.74) is 4.31. The summed E-state index contributed by atoms with van der Waals surface area (Å²) in [4.78, 5) is 0. The Morgan fingerprint density at radius 3 is 2.17 bits per heavy atom. The molecule has 2 aromatic carbocycles. The van der Waals surface area contributed by atoms with E-state index in [9.17, 15) is 8.78 Å². The first-order valence-electron chi connectivity index (χ1n) is 12.2. The number of unbranched alkanes of at least 4 members (excludes halogenated alkanes) is 3. The van der Waals surface area contributed by atoms with Crippen LogP contribution >= 0.6 is 0 Å². The molecule has 0 radical (unpaired) electrons. The third kappa shape index (κ3) is 4.95. The Morgan fingerprint density at radius 1 is 0.767 bits per heavy atom. The van der Waals surface area contributed by atoms with Crippen molar-refractivity contribution in [2.75, 3.05) is 0 Å². The van der Waals surface area contributed by atoms with Crippen LogP contribution < -0.4 is 0 Å². The maximum Gasteiger partial charge on any atom is 0.162 e. The van der Waals surface area contributed by atoms with Crippen molar-refractivity contribution < 1.29 is 8.78 Å². The number of benzene rings is 2. The minimum atomic E-state index is -0.717. The van der Waals surface area contributed by atoms with E-state index in [0.717, 1.165) is 24.3 Å². The van der Waals surface area contributed by atoms with Gasteiger partial charge in [0.1, 0.15) is 0 Å². The molecule has 0 bridgehead atoms. The molecule has 0 nitrogen and oxygen atoms in total. The average Bonchev–Trinajstić information content (AvgIpc) is 2.80. The number of halogens is 2. The Hall–Kier alpha value is -1.70. The van der Waals surface area contributed by atoms with Crippen molar-refractivity contribution in [2.45, 2.75) is 95.8 Å². The summed E-state index contributed by atoms with van der Waals surface area (Å²) in [6.45, 7) is 2.28. The lowest BCUT2D eigenvalue weighted by molar-refractivity contribution is 0.302. The first-order chi connectivity index (χ1) is 14.7. The largest absolute Gasteiger partial charge is 0.204 e. The number of fused-ring (bicyclic) bond motifs is 1. The molecule has 2 heteroatoms. The van der Waals surface area contributed by atoms with Crippen LogP contribution in [0.25, 0.3) is 0 Å². The van der Waals surface area contributed by atoms with Crippen molar-refractivity contribution in [1.82, 2.24) is 0 Å². The van der Waals surface area contributed by atoms with Gasteiger partial charge < -0.3 is 0 Å². The van der Waals surface area contributed by atoms with Crippen LogP contribution in [0.4, 0.5) is 8.78 Å². The molecular weight excluding hydrogens is 374 g/mol. The average molecular weight is 411 g/mol. The third-order valence-electron chi connectivity index (χ3n) is 7.70. The van der Waals surface area contributed by atoms with Crippen LogP contribution in [0.3, 0.4) is 0 Å². The highest BCUT2D eigenvalue weighted by molar-refractivity contribution is 5.36. The topological polar surface area (TPSA) is 0 Å². The summed E-state index contributed by atoms with van der Waals surface area (Å²) in [7, 11) is 0. The van der Waals surface area contributed by atoms with E-state index in [1.807, 2.05) is 0 Å². The van der Waals surface area contributed by atoms with Crippen LogP contribution in [-0.2, 0) is 12.8 Å². The summed E-state index contributed by atoms with van der Waals surface area (Å²) in [6, 6.07) is 12.1. The zero-order valence-corrected chi connectivity index (χ0v) is 18.4. The molecule has 1 atom stereocenters. The Balaban J connectivity index is 1.32. The quantitative estimate of drug-likeness (QED) is 0.401. The van der Waals surface area contributed by atoms with Crippen molar-refractivity contribution in [2.24, 2.45) is 5.92 Å². The molecule has 0 spiro atoms. The number of hydrogen-bond acceptors (Lipinski definition) is 0. The SMILES string of the molecule is CCCCCCC1CCC(c2ccc(C3CCc4ccc(F)c(F)c4C3)cc2)CC1. The van der Waals surface area contributed by atoms with E-state index in [0.29, 0.717) is 23.8 Å². The summed E-state index contributed by atoms with van der Waals surface area (Å²) in [6.07, 6.45) is 14.8. The number of rotatable bonds is 7. The highest BCUT2D eigenvalue weighted by Gasteiger charge is 2.25. The van der Waals surface area contributed by atoms with E-state index < -0.39 is 11.6 Å². The van der Waals surface area contributed by atoms with Gasteiger partial charge in [-0.1, -0.05) is 69.4 Å². The normalized spacial score (nSPS) is 23.9. The molecule has 30 heavy (non-hydrogen) atoms. The Kier molecular flexibility index (Phi) is 7.23. The Labute approximate surface area is 181 Å². The van der Waals surface area contributed by atoms with Gasteiger partial charge in [-0.3, -0.25) is 0 Å². The fourth-order valence-corrected chi connectivity index (χ4v) is 5.73. The molecule has 162 valence electrons. The van der Waals surface area contributed by atoms with Crippen LogP contribution in [0.5, 0.6) is 0 Å². The molecule has 2 aliphatic rings. The highest BCUT2D eigenvalue weighted by Crippen LogP contribution is 2.39. The molecule has 2 aromatic rings. The second kappa shape index (κ2) is 10.1. The summed E-state index contributed by atoms with van der Waals surface area (Å²) in [5.74, 6) is 0.576. The van der Waals surface area contributed by atoms with Gasteiger partial charge >= 0.3 is 0 Å². The molecule has 0 saturated heterocycles. The smallest absolute Gasteiger partial charge is 0.162 e. The lowest BCUT2D eigenvalue weighted by Gasteiger charge is -2.29. The standard InChI is InChI=1S/C28H36F2/c1-2-3-4-5-6-20-7-9-21(10-8-20)22-11-13-23(14-12-22)25-16-15-24-17-18-27(29)28(30)26(24)19-25/h11-14,17-18,20-21,25H,2-10,15-16,19H2,1H3. The van der Waals surface area contributed by atoms with Gasteiger partial charge in [-0.25, -0.2) is 8.78 Å². The van der Waals surface area contributed by atoms with E-state index in [-0.39, 0.29) is 0 Å². The van der Waals surface area contributed by atoms with Gasteiger partial charge in [-0.15, -0.1) is 0 Å². The molecule has 2 aliphatic carbocycles. The number of aryl methyl sites for hydroxylation is 1. The van der Waals surface area contributed by atoms with Gasteiger partial charge in [0.05, 0.1) is 0 Å². The number of hydrogen-bond donors (Lipinski definition) is 0. The van der Waals surface area contributed by atoms with E-state index in [4.69, 9.17) is 0 Å². The Morgan fingerprint density at radius 2 is 1.47 bits per heavy atom. The van der Waals surface area contributed by atoms with E-state index in [1.54, 1.807) is 6.07 Å². The van der Waals surface area contributed by atoms with Crippen LogP contribution in [0, 0.1) is 17.6 Å². The van der Waals surface area contributed by atoms with E-state index in [2.05, 4.69) is 31.2 Å². The minimum absolute atomic E-state index is 0.293. The van der Waals surface area contributed by atoms with Crippen molar-refractivity contribution >= 4 is 0 Å². The molecule has 4 rings (SSSR count). The predicted octanol–water partition coefficient (Wildman–Crippen LogP) is 8.48. The lowest BCUT2D eigenvalue weighted by atomic mass is 9.76. The van der Waals surface area contributed by atoms with E-state index in [1.165, 1.54) is 75.0 Å². The molecule has 0 heterocycles. The van der Waals surface area contributed by atoms with Crippen LogP contribution in [0.2, 0.25) is 0 Å². The van der Waals surface area contributed by atoms with Crippen LogP contribution in [0.1, 0.15) is 105 Å². The van der Waals surface area contributed by atoms with Crippen molar-refractivity contribution in [1.29, 1.82) is 0 Å². The van der Waals surface area contributed by atoms with Gasteiger partial charge in [-0.2, -0.15) is 0 Å². The first kappa shape index (κ1) is 21.5. The molecule has 0 aromatic heterocycles. The third-order valence-corrected chi connectivity index (χ3v) is 7.70. The highest BCUT2D eigenvalue weighted by atomic mass is 19.2. The van der Waals surface area contributed by atoms with Gasteiger partial charge in [0.25, 0.3) is 0 Å². The van der Waals surface area contributed by atoms with Gasteiger partial charge in [0, 0.05) is 0 Å². The van der Waals surface area contributed by atoms with Crippen LogP contribution in [-0.4, -0.2) is 0 Å². The second-order valence-corrected chi connectivity index (χ2v) is 9.67. The van der Waals surface area contributed by atoms with Gasteiger partial charge in [-0.05, 0) is 91.0 Å². The van der Waals surface area contributed by atoms with Crippen molar-refractivity contribution in [3.8, 4) is 0 Å². The van der Waals surface area contributed by atoms with Crippen LogP contribution in [0.15, 0.2) is 36.4 Å². The maximum absolute atomic E-state index is 14.3. The molecule has 0 N–H and O–H groups in total. The minimum Gasteiger partial charge on any atom is -0.204 e.